The second kappa shape index (κ2) is 8.53. The Bertz CT molecular complexity index is 911. The number of nitrogens with zero attached hydrogens (tertiary/aromatic N) is 4. The van der Waals surface area contributed by atoms with E-state index in [1.165, 1.54) is 30.9 Å². The topological polar surface area (TPSA) is 71.0 Å². The molecule has 1 saturated heterocycles. The summed E-state index contributed by atoms with van der Waals surface area (Å²) < 4.78 is 0.974. The second-order valence-electron chi connectivity index (χ2n) is 6.67. The summed E-state index contributed by atoms with van der Waals surface area (Å²) >= 11 is 4.73. The molecule has 0 radical (unpaired) electrons. The van der Waals surface area contributed by atoms with Crippen molar-refractivity contribution in [1.29, 1.82) is 0 Å². The van der Waals surface area contributed by atoms with E-state index in [1.54, 1.807) is 22.7 Å². The highest BCUT2D eigenvalue weighted by Crippen LogP contribution is 2.35. The van der Waals surface area contributed by atoms with Crippen LogP contribution in [0.2, 0.25) is 0 Å². The lowest BCUT2D eigenvalue weighted by molar-refractivity contribution is -0.118. The number of amides is 1. The first-order valence-corrected chi connectivity index (χ1v) is 11.7. The van der Waals surface area contributed by atoms with Gasteiger partial charge in [-0.25, -0.2) is 9.97 Å². The molecule has 1 N–H and O–H groups in total. The lowest BCUT2D eigenvalue weighted by atomic mass is 10.0. The van der Waals surface area contributed by atoms with Crippen molar-refractivity contribution in [3.05, 3.63) is 28.7 Å². The molecule has 27 heavy (non-hydrogen) atoms. The Morgan fingerprint density at radius 1 is 1.44 bits per heavy atom. The van der Waals surface area contributed by atoms with Gasteiger partial charge in [-0.05, 0) is 30.2 Å². The van der Waals surface area contributed by atoms with Crippen molar-refractivity contribution in [1.82, 2.24) is 20.3 Å². The van der Waals surface area contributed by atoms with Crippen LogP contribution in [0.5, 0.6) is 0 Å². The van der Waals surface area contributed by atoms with E-state index in [0.29, 0.717) is 18.2 Å². The van der Waals surface area contributed by atoms with Crippen LogP contribution in [0.1, 0.15) is 24.6 Å². The number of anilines is 1. The summed E-state index contributed by atoms with van der Waals surface area (Å²) in [4.78, 5) is 29.1. The lowest BCUT2D eigenvalue weighted by Crippen LogP contribution is -2.34. The molecular weight excluding hydrogens is 398 g/mol. The first-order valence-electron chi connectivity index (χ1n) is 8.97. The molecule has 3 aromatic rings. The monoisotopic (exact) mass is 419 g/mol. The fourth-order valence-electron chi connectivity index (χ4n) is 3.11. The van der Waals surface area contributed by atoms with Crippen LogP contribution in [0.25, 0.3) is 10.3 Å². The quantitative estimate of drug-likeness (QED) is 0.484. The van der Waals surface area contributed by atoms with Gasteiger partial charge in [0.05, 0.1) is 12.3 Å². The van der Waals surface area contributed by atoms with E-state index in [2.05, 4.69) is 27.1 Å². The molecule has 0 saturated carbocycles. The molecule has 0 aromatic carbocycles. The van der Waals surface area contributed by atoms with Crippen LogP contribution in [0.4, 0.5) is 5.13 Å². The minimum atomic E-state index is 0.00903. The summed E-state index contributed by atoms with van der Waals surface area (Å²) in [5.74, 6) is 1.04. The summed E-state index contributed by atoms with van der Waals surface area (Å²) in [5.41, 5.74) is 0.727. The molecule has 6 nitrogen and oxygen atoms in total. The molecular formula is C18H21N5OS3. The molecule has 1 atom stereocenters. The predicted molar refractivity (Wildman–Crippen MR) is 113 cm³/mol. The van der Waals surface area contributed by atoms with Gasteiger partial charge < -0.3 is 10.2 Å². The number of thioether (sulfide) groups is 1. The zero-order valence-corrected chi connectivity index (χ0v) is 17.5. The van der Waals surface area contributed by atoms with Crippen LogP contribution < -0.4 is 10.2 Å². The van der Waals surface area contributed by atoms with E-state index in [0.717, 1.165) is 38.5 Å². The summed E-state index contributed by atoms with van der Waals surface area (Å²) in [7, 11) is 0. The predicted octanol–water partition coefficient (Wildman–Crippen LogP) is 3.79. The molecule has 0 aliphatic carbocycles. The van der Waals surface area contributed by atoms with Gasteiger partial charge in [-0.15, -0.1) is 11.3 Å². The van der Waals surface area contributed by atoms with Gasteiger partial charge >= 0.3 is 0 Å². The fourth-order valence-corrected chi connectivity index (χ4v) is 5.71. The number of piperidine rings is 1. The Kier molecular flexibility index (Phi) is 5.89. The average molecular weight is 420 g/mol. The number of rotatable bonds is 6. The van der Waals surface area contributed by atoms with Gasteiger partial charge in [0.2, 0.25) is 5.91 Å². The van der Waals surface area contributed by atoms with Crippen LogP contribution in [-0.2, 0) is 11.3 Å². The summed E-state index contributed by atoms with van der Waals surface area (Å²) in [5, 5.41) is 6.81. The maximum atomic E-state index is 12.1. The van der Waals surface area contributed by atoms with Gasteiger partial charge in [0.15, 0.2) is 10.8 Å². The highest BCUT2D eigenvalue weighted by Gasteiger charge is 2.21. The number of thiophene rings is 1. The molecule has 0 spiro atoms. The van der Waals surface area contributed by atoms with E-state index in [9.17, 15) is 4.79 Å². The first kappa shape index (κ1) is 18.6. The fraction of sp³-hybridized carbons (Fsp3) is 0.444. The zero-order valence-electron chi connectivity index (χ0n) is 15.1. The zero-order chi connectivity index (χ0) is 18.6. The third-order valence-electron chi connectivity index (χ3n) is 4.45. The molecule has 1 aliphatic rings. The molecule has 4 rings (SSSR count). The van der Waals surface area contributed by atoms with Crippen LogP contribution >= 0.6 is 34.4 Å². The Hall–Kier alpha value is -1.71. The van der Waals surface area contributed by atoms with Gasteiger partial charge in [0.25, 0.3) is 0 Å². The first-order chi connectivity index (χ1) is 13.2. The van der Waals surface area contributed by atoms with E-state index in [-0.39, 0.29) is 5.91 Å². The number of aromatic nitrogens is 3. The van der Waals surface area contributed by atoms with Gasteiger partial charge in [0.1, 0.15) is 16.1 Å². The van der Waals surface area contributed by atoms with Crippen LogP contribution in [0.15, 0.2) is 28.9 Å². The number of thiazole rings is 1. The maximum absolute atomic E-state index is 12.1. The van der Waals surface area contributed by atoms with Gasteiger partial charge in [-0.3, -0.25) is 4.79 Å². The molecule has 0 bridgehead atoms. The highest BCUT2D eigenvalue weighted by molar-refractivity contribution is 8.00. The van der Waals surface area contributed by atoms with Crippen molar-refractivity contribution in [2.75, 3.05) is 23.7 Å². The van der Waals surface area contributed by atoms with Crippen molar-refractivity contribution in [3.8, 4) is 0 Å². The Balaban J connectivity index is 1.41. The minimum Gasteiger partial charge on any atom is -0.350 e. The third kappa shape index (κ3) is 4.59. The minimum absolute atomic E-state index is 0.00903. The average Bonchev–Trinajstić information content (AvgIpc) is 3.34. The van der Waals surface area contributed by atoms with Gasteiger partial charge in [-0.2, -0.15) is 4.98 Å². The van der Waals surface area contributed by atoms with Gasteiger partial charge in [-0.1, -0.05) is 36.1 Å². The largest absolute Gasteiger partial charge is 0.350 e. The molecule has 1 aliphatic heterocycles. The Morgan fingerprint density at radius 2 is 2.37 bits per heavy atom. The van der Waals surface area contributed by atoms with Crippen LogP contribution in [0.3, 0.4) is 0 Å². The van der Waals surface area contributed by atoms with Crippen LogP contribution in [-0.4, -0.2) is 39.7 Å². The van der Waals surface area contributed by atoms with Crippen molar-refractivity contribution in [2.45, 2.75) is 31.3 Å². The van der Waals surface area contributed by atoms with E-state index >= 15 is 0 Å². The van der Waals surface area contributed by atoms with Crippen molar-refractivity contribution < 1.29 is 4.79 Å². The SMILES string of the molecule is CC1CCCN(c2nc3ncnc(SCC(=O)NCc4cccs4)c3s2)C1. The summed E-state index contributed by atoms with van der Waals surface area (Å²) in [6.45, 7) is 4.95. The molecule has 3 aromatic heterocycles. The molecule has 1 amide bonds. The smallest absolute Gasteiger partial charge is 0.230 e. The number of fused-ring (bicyclic) bond motifs is 1. The lowest BCUT2D eigenvalue weighted by Gasteiger charge is -2.30. The second-order valence-corrected chi connectivity index (χ2v) is 9.64. The van der Waals surface area contributed by atoms with Crippen molar-refractivity contribution in [3.63, 3.8) is 0 Å². The number of hydrogen-bond donors (Lipinski definition) is 1. The molecule has 9 heteroatoms. The molecule has 1 fully saturated rings. The van der Waals surface area contributed by atoms with Crippen molar-refractivity contribution >= 4 is 55.8 Å². The van der Waals surface area contributed by atoms with Gasteiger partial charge in [0, 0.05) is 18.0 Å². The standard InChI is InChI=1S/C18H21N5OS3/c1-12-4-2-6-23(9-12)18-22-16-15(27-18)17(21-11-20-16)26-10-14(24)19-8-13-5-3-7-25-13/h3,5,7,11-12H,2,4,6,8-10H2,1H3,(H,19,24). The van der Waals surface area contributed by atoms with E-state index < -0.39 is 0 Å². The number of hydrogen-bond acceptors (Lipinski definition) is 8. The number of carbonyl (C=O) groups is 1. The van der Waals surface area contributed by atoms with E-state index in [1.807, 2.05) is 17.5 Å². The normalized spacial score (nSPS) is 17.4. The molecule has 142 valence electrons. The highest BCUT2D eigenvalue weighted by atomic mass is 32.2. The van der Waals surface area contributed by atoms with Crippen LogP contribution in [0, 0.1) is 5.92 Å². The van der Waals surface area contributed by atoms with E-state index in [4.69, 9.17) is 4.98 Å². The number of nitrogens with one attached hydrogen (secondary N) is 1. The molecule has 4 heterocycles. The summed E-state index contributed by atoms with van der Waals surface area (Å²) in [6.07, 6.45) is 4.02. The Labute approximate surface area is 170 Å². The Morgan fingerprint density at radius 3 is 3.19 bits per heavy atom. The van der Waals surface area contributed by atoms with Crippen molar-refractivity contribution in [2.24, 2.45) is 5.92 Å². The third-order valence-corrected chi connectivity index (χ3v) is 7.56. The number of carbonyl (C=O) groups excluding carboxylic acids is 1. The maximum Gasteiger partial charge on any atom is 0.230 e. The molecule has 1 unspecified atom stereocenters. The summed E-state index contributed by atoms with van der Waals surface area (Å²) in [6, 6.07) is 4.01.